The predicted octanol–water partition coefficient (Wildman–Crippen LogP) is 3.36. The molecule has 1 atom stereocenters. The summed E-state index contributed by atoms with van der Waals surface area (Å²) >= 11 is 0. The monoisotopic (exact) mass is 291 g/mol. The number of amides is 1. The molecule has 1 N–H and O–H groups in total. The number of carbonyl (C=O) groups excluding carboxylic acids is 1. The Morgan fingerprint density at radius 2 is 2.14 bits per heavy atom. The van der Waals surface area contributed by atoms with Crippen molar-refractivity contribution >= 4 is 11.6 Å². The van der Waals surface area contributed by atoms with Crippen LogP contribution in [0.4, 0.5) is 5.69 Å². The molecule has 1 unspecified atom stereocenters. The summed E-state index contributed by atoms with van der Waals surface area (Å²) in [6.45, 7) is 2.03. The molecule has 0 saturated heterocycles. The molecule has 4 heteroatoms. The van der Waals surface area contributed by atoms with Gasteiger partial charge < -0.3 is 5.32 Å². The SMILES string of the molecule is Cc1ccc(NC(=O)C2C=C3CC2C3)cc1-c1cccnn1. The van der Waals surface area contributed by atoms with Crippen LogP contribution in [-0.2, 0) is 4.79 Å². The van der Waals surface area contributed by atoms with Gasteiger partial charge in [-0.2, -0.15) is 10.2 Å². The molecule has 1 saturated carbocycles. The maximum atomic E-state index is 12.4. The van der Waals surface area contributed by atoms with E-state index in [9.17, 15) is 4.79 Å². The van der Waals surface area contributed by atoms with Gasteiger partial charge in [0.05, 0.1) is 11.6 Å². The van der Waals surface area contributed by atoms with Crippen molar-refractivity contribution < 1.29 is 4.79 Å². The summed E-state index contributed by atoms with van der Waals surface area (Å²) in [6.07, 6.45) is 6.01. The first-order valence-corrected chi connectivity index (χ1v) is 7.60. The van der Waals surface area contributed by atoms with Crippen LogP contribution in [-0.4, -0.2) is 16.1 Å². The van der Waals surface area contributed by atoms with Crippen LogP contribution in [0.3, 0.4) is 0 Å². The standard InChI is InChI=1S/C18H17N3O/c1-11-4-5-14(10-15(11)17-3-2-6-19-21-17)20-18(22)16-9-12-7-13(16)8-12/h2-6,9-10,13,16H,7-8H2,1H3,(H,20,22). The third-order valence-corrected chi connectivity index (χ3v) is 4.63. The minimum atomic E-state index is 0.0521. The van der Waals surface area contributed by atoms with Crippen molar-refractivity contribution in [2.24, 2.45) is 11.8 Å². The highest BCUT2D eigenvalue weighted by atomic mass is 16.1. The van der Waals surface area contributed by atoms with E-state index >= 15 is 0 Å². The number of hydrogen-bond donors (Lipinski definition) is 1. The first kappa shape index (κ1) is 13.2. The molecule has 0 radical (unpaired) electrons. The summed E-state index contributed by atoms with van der Waals surface area (Å²) in [5.74, 6) is 0.683. The van der Waals surface area contributed by atoms with Crippen LogP contribution in [0.25, 0.3) is 11.3 Å². The second-order valence-electron chi connectivity index (χ2n) is 6.15. The Morgan fingerprint density at radius 1 is 1.27 bits per heavy atom. The first-order valence-electron chi connectivity index (χ1n) is 7.60. The Labute approximate surface area is 129 Å². The molecule has 1 fully saturated rings. The zero-order valence-corrected chi connectivity index (χ0v) is 12.4. The van der Waals surface area contributed by atoms with Crippen LogP contribution in [0.1, 0.15) is 18.4 Å². The zero-order chi connectivity index (χ0) is 15.1. The number of anilines is 1. The smallest absolute Gasteiger partial charge is 0.231 e. The Kier molecular flexibility index (Phi) is 3.03. The van der Waals surface area contributed by atoms with E-state index in [2.05, 4.69) is 21.6 Å². The van der Waals surface area contributed by atoms with E-state index in [1.807, 2.05) is 37.3 Å². The van der Waals surface area contributed by atoms with Gasteiger partial charge in [0.15, 0.2) is 0 Å². The van der Waals surface area contributed by atoms with Gasteiger partial charge >= 0.3 is 0 Å². The van der Waals surface area contributed by atoms with Gasteiger partial charge in [0.25, 0.3) is 0 Å². The van der Waals surface area contributed by atoms with Gasteiger partial charge in [0.2, 0.25) is 5.91 Å². The number of aryl methyl sites for hydroxylation is 1. The summed E-state index contributed by atoms with van der Waals surface area (Å²) in [4.78, 5) is 12.4. The highest BCUT2D eigenvalue weighted by Gasteiger charge is 2.40. The minimum Gasteiger partial charge on any atom is -0.326 e. The maximum absolute atomic E-state index is 12.4. The molecule has 1 aromatic heterocycles. The lowest BCUT2D eigenvalue weighted by atomic mass is 9.82. The molecule has 0 aliphatic heterocycles. The van der Waals surface area contributed by atoms with Crippen LogP contribution in [0.15, 0.2) is 48.2 Å². The number of aromatic nitrogens is 2. The number of hydrogen-bond acceptors (Lipinski definition) is 3. The number of benzene rings is 1. The van der Waals surface area contributed by atoms with Crippen LogP contribution in [0, 0.1) is 18.8 Å². The van der Waals surface area contributed by atoms with Gasteiger partial charge in [-0.15, -0.1) is 0 Å². The normalized spacial score (nSPS) is 22.0. The van der Waals surface area contributed by atoms with Crippen LogP contribution < -0.4 is 5.32 Å². The third-order valence-electron chi connectivity index (χ3n) is 4.63. The number of nitrogens with one attached hydrogen (secondary N) is 1. The fourth-order valence-corrected chi connectivity index (χ4v) is 3.33. The van der Waals surface area contributed by atoms with Crippen LogP contribution >= 0.6 is 0 Å². The molecule has 1 heterocycles. The lowest BCUT2D eigenvalue weighted by Crippen LogP contribution is -2.26. The quantitative estimate of drug-likeness (QED) is 0.882. The van der Waals surface area contributed by atoms with E-state index in [-0.39, 0.29) is 11.8 Å². The molecular weight excluding hydrogens is 274 g/mol. The molecule has 3 aliphatic rings. The zero-order valence-electron chi connectivity index (χ0n) is 12.4. The van der Waals surface area contributed by atoms with Crippen molar-refractivity contribution in [2.75, 3.05) is 5.32 Å². The maximum Gasteiger partial charge on any atom is 0.231 e. The number of nitrogens with zero attached hydrogens (tertiary/aromatic N) is 2. The van der Waals surface area contributed by atoms with E-state index in [0.29, 0.717) is 5.92 Å². The molecular formula is C18H17N3O. The Bertz CT molecular complexity index is 759. The van der Waals surface area contributed by atoms with Crippen molar-refractivity contribution in [2.45, 2.75) is 19.8 Å². The molecule has 4 nitrogen and oxygen atoms in total. The molecule has 110 valence electrons. The summed E-state index contributed by atoms with van der Waals surface area (Å²) in [7, 11) is 0. The summed E-state index contributed by atoms with van der Waals surface area (Å²) < 4.78 is 0. The molecule has 3 aliphatic carbocycles. The highest BCUT2D eigenvalue weighted by molar-refractivity contribution is 5.95. The van der Waals surface area contributed by atoms with Crippen LogP contribution in [0.5, 0.6) is 0 Å². The van der Waals surface area contributed by atoms with E-state index in [4.69, 9.17) is 0 Å². The van der Waals surface area contributed by atoms with Crippen molar-refractivity contribution in [1.82, 2.24) is 10.2 Å². The summed E-state index contributed by atoms with van der Waals surface area (Å²) in [5, 5.41) is 11.1. The Hall–Kier alpha value is -2.49. The lowest BCUT2D eigenvalue weighted by Gasteiger charge is -2.23. The summed E-state index contributed by atoms with van der Waals surface area (Å²) in [5.41, 5.74) is 5.19. The highest BCUT2D eigenvalue weighted by Crippen LogP contribution is 2.47. The third kappa shape index (κ3) is 2.21. The summed E-state index contributed by atoms with van der Waals surface area (Å²) in [6, 6.07) is 9.72. The van der Waals surface area contributed by atoms with Crippen molar-refractivity contribution in [3.8, 4) is 11.3 Å². The average molecular weight is 291 g/mol. The average Bonchev–Trinajstić information content (AvgIpc) is 3.10. The molecule has 1 amide bonds. The molecule has 22 heavy (non-hydrogen) atoms. The molecule has 2 bridgehead atoms. The first-order chi connectivity index (χ1) is 10.7. The van der Waals surface area contributed by atoms with Crippen molar-refractivity contribution in [1.29, 1.82) is 0 Å². The predicted molar refractivity (Wildman–Crippen MR) is 85.1 cm³/mol. The largest absolute Gasteiger partial charge is 0.326 e. The molecule has 0 spiro atoms. The Balaban J connectivity index is 1.58. The van der Waals surface area contributed by atoms with Gasteiger partial charge in [-0.1, -0.05) is 17.7 Å². The second-order valence-corrected chi connectivity index (χ2v) is 6.15. The van der Waals surface area contributed by atoms with Crippen molar-refractivity contribution in [3.63, 3.8) is 0 Å². The van der Waals surface area contributed by atoms with Gasteiger partial charge in [0.1, 0.15) is 0 Å². The molecule has 2 aromatic rings. The topological polar surface area (TPSA) is 54.9 Å². The van der Waals surface area contributed by atoms with Gasteiger partial charge in [-0.3, -0.25) is 4.79 Å². The number of fused-ring (bicyclic) bond motifs is 1. The van der Waals surface area contributed by atoms with Gasteiger partial charge in [-0.25, -0.2) is 0 Å². The fraction of sp³-hybridized carbons (Fsp3) is 0.278. The minimum absolute atomic E-state index is 0.0521. The van der Waals surface area contributed by atoms with Crippen molar-refractivity contribution in [3.05, 3.63) is 53.7 Å². The number of allylic oxidation sites excluding steroid dienone is 1. The molecule has 5 rings (SSSR count). The van der Waals surface area contributed by atoms with Gasteiger partial charge in [0, 0.05) is 17.4 Å². The lowest BCUT2D eigenvalue weighted by molar-refractivity contribution is -0.119. The number of rotatable bonds is 3. The van der Waals surface area contributed by atoms with E-state index in [1.165, 1.54) is 5.57 Å². The van der Waals surface area contributed by atoms with E-state index < -0.39 is 0 Å². The van der Waals surface area contributed by atoms with E-state index in [1.54, 1.807) is 6.20 Å². The molecule has 1 aromatic carbocycles. The van der Waals surface area contributed by atoms with Gasteiger partial charge in [-0.05, 0) is 55.5 Å². The Morgan fingerprint density at radius 3 is 2.82 bits per heavy atom. The second kappa shape index (κ2) is 5.05. The van der Waals surface area contributed by atoms with Crippen LogP contribution in [0.2, 0.25) is 0 Å². The van der Waals surface area contributed by atoms with E-state index in [0.717, 1.165) is 35.3 Å². The number of carbonyl (C=O) groups is 1. The fourth-order valence-electron chi connectivity index (χ4n) is 3.33.